The van der Waals surface area contributed by atoms with Crippen LogP contribution in [-0.2, 0) is 12.3 Å². The number of para-hydroxylation sites is 1. The summed E-state index contributed by atoms with van der Waals surface area (Å²) in [5.74, 6) is 2.54. The third-order valence-corrected chi connectivity index (χ3v) is 5.39. The molecule has 136 valence electrons. The van der Waals surface area contributed by atoms with Gasteiger partial charge in [-0.3, -0.25) is 0 Å². The van der Waals surface area contributed by atoms with Gasteiger partial charge < -0.3 is 9.30 Å². The molecule has 1 heterocycles. The van der Waals surface area contributed by atoms with Crippen molar-refractivity contribution in [3.05, 3.63) is 70.5 Å². The highest BCUT2D eigenvalue weighted by Crippen LogP contribution is 2.28. The van der Waals surface area contributed by atoms with Crippen LogP contribution < -0.4 is 4.74 Å². The second-order valence-corrected chi connectivity index (χ2v) is 7.40. The van der Waals surface area contributed by atoms with Crippen LogP contribution in [0.3, 0.4) is 0 Å². The third kappa shape index (κ3) is 4.40. The molecule has 0 aliphatic heterocycles. The molecule has 0 spiro atoms. The SMILES string of the molecule is CCn1c(SCc2ccc(Cl)cc2)nnc1C(C)Oc1ccccc1C. The number of hydrogen-bond donors (Lipinski definition) is 0. The summed E-state index contributed by atoms with van der Waals surface area (Å²) in [6.07, 6.45) is -0.173. The standard InChI is InChI=1S/C20H22ClN3OS/c1-4-24-19(15(3)25-18-8-6-5-7-14(18)2)22-23-20(24)26-13-16-9-11-17(21)12-10-16/h5-12,15H,4,13H2,1-3H3. The molecule has 0 amide bonds. The molecule has 3 aromatic rings. The fraction of sp³-hybridized carbons (Fsp3) is 0.300. The Morgan fingerprint density at radius 1 is 1.12 bits per heavy atom. The second kappa shape index (κ2) is 8.60. The topological polar surface area (TPSA) is 39.9 Å². The molecule has 26 heavy (non-hydrogen) atoms. The van der Waals surface area contributed by atoms with Crippen molar-refractivity contribution in [3.63, 3.8) is 0 Å². The molecule has 0 fully saturated rings. The fourth-order valence-electron chi connectivity index (χ4n) is 2.67. The molecule has 0 N–H and O–H groups in total. The molecule has 0 saturated carbocycles. The van der Waals surface area contributed by atoms with Crippen molar-refractivity contribution in [2.75, 3.05) is 0 Å². The minimum absolute atomic E-state index is 0.173. The molecular formula is C20H22ClN3OS. The monoisotopic (exact) mass is 387 g/mol. The van der Waals surface area contributed by atoms with E-state index in [4.69, 9.17) is 16.3 Å². The van der Waals surface area contributed by atoms with Crippen LogP contribution in [0.2, 0.25) is 5.02 Å². The highest BCUT2D eigenvalue weighted by atomic mass is 35.5. The summed E-state index contributed by atoms with van der Waals surface area (Å²) in [4.78, 5) is 0. The zero-order chi connectivity index (χ0) is 18.5. The van der Waals surface area contributed by atoms with Crippen LogP contribution >= 0.6 is 23.4 Å². The van der Waals surface area contributed by atoms with E-state index in [2.05, 4.69) is 21.7 Å². The van der Waals surface area contributed by atoms with E-state index in [0.29, 0.717) is 0 Å². The van der Waals surface area contributed by atoms with E-state index < -0.39 is 0 Å². The predicted molar refractivity (Wildman–Crippen MR) is 107 cm³/mol. The summed E-state index contributed by atoms with van der Waals surface area (Å²) in [6.45, 7) is 6.95. The predicted octanol–water partition coefficient (Wildman–Crippen LogP) is 5.69. The Bertz CT molecular complexity index is 864. The highest BCUT2D eigenvalue weighted by molar-refractivity contribution is 7.98. The summed E-state index contributed by atoms with van der Waals surface area (Å²) in [5.41, 5.74) is 2.31. The molecule has 0 saturated heterocycles. The lowest BCUT2D eigenvalue weighted by Gasteiger charge is -2.17. The van der Waals surface area contributed by atoms with Crippen LogP contribution in [0.25, 0.3) is 0 Å². The Morgan fingerprint density at radius 2 is 1.85 bits per heavy atom. The van der Waals surface area contributed by atoms with E-state index in [-0.39, 0.29) is 6.10 Å². The van der Waals surface area contributed by atoms with Crippen molar-refractivity contribution in [2.24, 2.45) is 0 Å². The van der Waals surface area contributed by atoms with Crippen LogP contribution in [-0.4, -0.2) is 14.8 Å². The summed E-state index contributed by atoms with van der Waals surface area (Å²) in [7, 11) is 0. The van der Waals surface area contributed by atoms with Gasteiger partial charge in [0.15, 0.2) is 17.1 Å². The summed E-state index contributed by atoms with van der Waals surface area (Å²) in [5, 5.41) is 10.4. The number of rotatable bonds is 7. The van der Waals surface area contributed by atoms with Gasteiger partial charge in [-0.15, -0.1) is 10.2 Å². The summed E-state index contributed by atoms with van der Waals surface area (Å²) < 4.78 is 8.23. The molecule has 1 atom stereocenters. The van der Waals surface area contributed by atoms with Gasteiger partial charge in [-0.05, 0) is 50.1 Å². The lowest BCUT2D eigenvalue weighted by molar-refractivity contribution is 0.208. The minimum Gasteiger partial charge on any atom is -0.482 e. The maximum absolute atomic E-state index is 6.12. The second-order valence-electron chi connectivity index (χ2n) is 6.03. The molecule has 6 heteroatoms. The van der Waals surface area contributed by atoms with Gasteiger partial charge in [0.05, 0.1) is 0 Å². The molecule has 0 bridgehead atoms. The lowest BCUT2D eigenvalue weighted by Crippen LogP contribution is -2.12. The van der Waals surface area contributed by atoms with Crippen LogP contribution in [0, 0.1) is 6.92 Å². The van der Waals surface area contributed by atoms with Gasteiger partial charge in [-0.25, -0.2) is 0 Å². The molecule has 3 rings (SSSR count). The molecule has 0 radical (unpaired) electrons. The van der Waals surface area contributed by atoms with Gasteiger partial charge in [-0.1, -0.05) is 53.7 Å². The van der Waals surface area contributed by atoms with Gasteiger partial charge >= 0.3 is 0 Å². The van der Waals surface area contributed by atoms with Crippen molar-refractivity contribution in [1.29, 1.82) is 0 Å². The zero-order valence-corrected chi connectivity index (χ0v) is 16.7. The molecule has 0 aliphatic carbocycles. The van der Waals surface area contributed by atoms with E-state index in [9.17, 15) is 0 Å². The quantitative estimate of drug-likeness (QED) is 0.488. The number of ether oxygens (including phenoxy) is 1. The number of benzene rings is 2. The number of nitrogens with zero attached hydrogens (tertiary/aromatic N) is 3. The fourth-order valence-corrected chi connectivity index (χ4v) is 3.76. The van der Waals surface area contributed by atoms with Gasteiger partial charge in [-0.2, -0.15) is 0 Å². The Hall–Kier alpha value is -1.98. The number of aryl methyl sites for hydroxylation is 1. The van der Waals surface area contributed by atoms with Crippen molar-refractivity contribution in [3.8, 4) is 5.75 Å². The van der Waals surface area contributed by atoms with Gasteiger partial charge in [0.25, 0.3) is 0 Å². The van der Waals surface area contributed by atoms with E-state index in [1.807, 2.05) is 62.4 Å². The maximum Gasteiger partial charge on any atom is 0.191 e. The average molecular weight is 388 g/mol. The Balaban J connectivity index is 1.72. The van der Waals surface area contributed by atoms with Crippen molar-refractivity contribution in [2.45, 2.75) is 44.3 Å². The number of halogens is 1. The van der Waals surface area contributed by atoms with Gasteiger partial charge in [0.2, 0.25) is 0 Å². The van der Waals surface area contributed by atoms with Crippen LogP contribution in [0.15, 0.2) is 53.7 Å². The minimum atomic E-state index is -0.173. The number of aromatic nitrogens is 3. The van der Waals surface area contributed by atoms with Crippen LogP contribution in [0.1, 0.15) is 36.9 Å². The zero-order valence-electron chi connectivity index (χ0n) is 15.1. The Morgan fingerprint density at radius 3 is 2.54 bits per heavy atom. The average Bonchev–Trinajstić information content (AvgIpc) is 3.06. The first-order chi connectivity index (χ1) is 12.6. The third-order valence-electron chi connectivity index (χ3n) is 4.10. The first-order valence-corrected chi connectivity index (χ1v) is 9.97. The van der Waals surface area contributed by atoms with E-state index >= 15 is 0 Å². The Kier molecular flexibility index (Phi) is 6.22. The summed E-state index contributed by atoms with van der Waals surface area (Å²) >= 11 is 7.61. The van der Waals surface area contributed by atoms with Crippen LogP contribution in [0.5, 0.6) is 5.75 Å². The van der Waals surface area contributed by atoms with E-state index in [0.717, 1.165) is 39.6 Å². The first kappa shape index (κ1) is 18.8. The smallest absolute Gasteiger partial charge is 0.191 e. The molecule has 4 nitrogen and oxygen atoms in total. The maximum atomic E-state index is 6.12. The number of thioether (sulfide) groups is 1. The highest BCUT2D eigenvalue weighted by Gasteiger charge is 2.19. The molecule has 1 aromatic heterocycles. The summed E-state index contributed by atoms with van der Waals surface area (Å²) in [6, 6.07) is 15.9. The van der Waals surface area contributed by atoms with Gasteiger partial charge in [0.1, 0.15) is 5.75 Å². The molecule has 2 aromatic carbocycles. The van der Waals surface area contributed by atoms with E-state index in [1.54, 1.807) is 11.8 Å². The van der Waals surface area contributed by atoms with Crippen molar-refractivity contribution in [1.82, 2.24) is 14.8 Å². The molecular weight excluding hydrogens is 366 g/mol. The normalized spacial score (nSPS) is 12.2. The van der Waals surface area contributed by atoms with E-state index in [1.165, 1.54) is 5.56 Å². The first-order valence-electron chi connectivity index (χ1n) is 8.61. The molecule has 1 unspecified atom stereocenters. The van der Waals surface area contributed by atoms with Crippen molar-refractivity contribution < 1.29 is 4.74 Å². The largest absolute Gasteiger partial charge is 0.482 e. The molecule has 0 aliphatic rings. The number of hydrogen-bond acceptors (Lipinski definition) is 4. The van der Waals surface area contributed by atoms with Gasteiger partial charge in [0, 0.05) is 17.3 Å². The van der Waals surface area contributed by atoms with Crippen molar-refractivity contribution >= 4 is 23.4 Å². The Labute approximate surface area is 163 Å². The lowest BCUT2D eigenvalue weighted by atomic mass is 10.2. The van der Waals surface area contributed by atoms with Crippen LogP contribution in [0.4, 0.5) is 0 Å².